The number of hydrogen-bond donors (Lipinski definition) is 1. The minimum atomic E-state index is -0.373. The fraction of sp³-hybridized carbons (Fsp3) is 0.267. The first-order valence-electron chi connectivity index (χ1n) is 6.25. The maximum Gasteiger partial charge on any atom is 0.165 e. The van der Waals surface area contributed by atoms with Gasteiger partial charge in [-0.1, -0.05) is 26.0 Å². The molecule has 2 rings (SSSR count). The van der Waals surface area contributed by atoms with Crippen LogP contribution in [0.4, 0.5) is 4.39 Å². The summed E-state index contributed by atoms with van der Waals surface area (Å²) in [6, 6.07) is 8.46. The van der Waals surface area contributed by atoms with Crippen LogP contribution < -0.4 is 10.1 Å². The van der Waals surface area contributed by atoms with Gasteiger partial charge >= 0.3 is 0 Å². The lowest BCUT2D eigenvalue weighted by atomic mass is 10.2. The van der Waals surface area contributed by atoms with Crippen molar-refractivity contribution in [3.05, 3.63) is 54.1 Å². The molecular weight excluding hydrogens is 243 g/mol. The van der Waals surface area contributed by atoms with Crippen molar-refractivity contribution < 1.29 is 9.13 Å². The minimum Gasteiger partial charge on any atom is -0.454 e. The molecule has 3 nitrogen and oxygen atoms in total. The summed E-state index contributed by atoms with van der Waals surface area (Å²) in [5.41, 5.74) is 0.902. The highest BCUT2D eigenvalue weighted by Gasteiger charge is 2.08. The number of pyridine rings is 1. The second kappa shape index (κ2) is 6.29. The number of ether oxygens (including phenoxy) is 1. The van der Waals surface area contributed by atoms with Crippen LogP contribution in [0.15, 0.2) is 42.7 Å². The monoisotopic (exact) mass is 260 g/mol. The second-order valence-corrected chi connectivity index (χ2v) is 4.55. The van der Waals surface area contributed by atoms with E-state index in [1.807, 2.05) is 0 Å². The van der Waals surface area contributed by atoms with E-state index in [9.17, 15) is 4.39 Å². The Balaban J connectivity index is 2.18. The van der Waals surface area contributed by atoms with E-state index >= 15 is 0 Å². The quantitative estimate of drug-likeness (QED) is 0.893. The molecule has 0 amide bonds. The molecule has 0 aliphatic rings. The van der Waals surface area contributed by atoms with E-state index in [4.69, 9.17) is 4.74 Å². The average molecular weight is 260 g/mol. The zero-order valence-electron chi connectivity index (χ0n) is 11.1. The number of rotatable bonds is 5. The summed E-state index contributed by atoms with van der Waals surface area (Å²) in [7, 11) is 0. The molecule has 0 fully saturated rings. The first kappa shape index (κ1) is 13.5. The highest BCUT2D eigenvalue weighted by Crippen LogP contribution is 2.26. The third-order valence-electron chi connectivity index (χ3n) is 2.62. The Labute approximate surface area is 112 Å². The molecule has 0 aliphatic heterocycles. The normalized spacial score (nSPS) is 10.7. The molecular formula is C15H17FN2O. The molecule has 1 N–H and O–H groups in total. The van der Waals surface area contributed by atoms with Crippen molar-refractivity contribution in [3.63, 3.8) is 0 Å². The molecule has 100 valence electrons. The van der Waals surface area contributed by atoms with Gasteiger partial charge in [0.25, 0.3) is 0 Å². The van der Waals surface area contributed by atoms with E-state index in [0.29, 0.717) is 18.3 Å². The molecule has 1 heterocycles. The lowest BCUT2D eigenvalue weighted by molar-refractivity contribution is 0.433. The molecule has 1 aromatic carbocycles. The van der Waals surface area contributed by atoms with Crippen LogP contribution in [0, 0.1) is 5.82 Å². The zero-order chi connectivity index (χ0) is 13.7. The van der Waals surface area contributed by atoms with Gasteiger partial charge in [-0.15, -0.1) is 0 Å². The van der Waals surface area contributed by atoms with Crippen LogP contribution in [0.1, 0.15) is 19.4 Å². The standard InChI is InChI=1S/C15H17FN2O/c1-11(2)18-10-12-9-17-8-7-14(12)19-15-6-4-3-5-13(15)16/h3-9,11,18H,10H2,1-2H3. The van der Waals surface area contributed by atoms with Gasteiger partial charge in [-0.25, -0.2) is 4.39 Å². The van der Waals surface area contributed by atoms with Crippen LogP contribution in [-0.2, 0) is 6.54 Å². The van der Waals surface area contributed by atoms with E-state index in [2.05, 4.69) is 24.1 Å². The van der Waals surface area contributed by atoms with Gasteiger partial charge in [-0.05, 0) is 18.2 Å². The van der Waals surface area contributed by atoms with Crippen LogP contribution in [-0.4, -0.2) is 11.0 Å². The molecule has 2 aromatic rings. The Kier molecular flexibility index (Phi) is 4.47. The number of nitrogens with zero attached hydrogens (tertiary/aromatic N) is 1. The fourth-order valence-electron chi connectivity index (χ4n) is 1.61. The Morgan fingerprint density at radius 2 is 2.00 bits per heavy atom. The summed E-state index contributed by atoms with van der Waals surface area (Å²) in [4.78, 5) is 4.07. The van der Waals surface area contributed by atoms with Crippen molar-refractivity contribution in [2.75, 3.05) is 0 Å². The molecule has 0 spiro atoms. The van der Waals surface area contributed by atoms with Crippen LogP contribution in [0.5, 0.6) is 11.5 Å². The molecule has 19 heavy (non-hydrogen) atoms. The van der Waals surface area contributed by atoms with E-state index in [1.54, 1.807) is 36.7 Å². The van der Waals surface area contributed by atoms with Crippen LogP contribution in [0.3, 0.4) is 0 Å². The molecule has 0 unspecified atom stereocenters. The molecule has 4 heteroatoms. The minimum absolute atomic E-state index is 0.222. The van der Waals surface area contributed by atoms with Gasteiger partial charge < -0.3 is 10.1 Å². The van der Waals surface area contributed by atoms with Crippen molar-refractivity contribution in [3.8, 4) is 11.5 Å². The third-order valence-corrected chi connectivity index (χ3v) is 2.62. The smallest absolute Gasteiger partial charge is 0.165 e. The lowest BCUT2D eigenvalue weighted by Crippen LogP contribution is -2.22. The number of hydrogen-bond acceptors (Lipinski definition) is 3. The molecule has 0 saturated heterocycles. The molecule has 0 radical (unpaired) electrons. The summed E-state index contributed by atoms with van der Waals surface area (Å²) in [5.74, 6) is 0.467. The summed E-state index contributed by atoms with van der Waals surface area (Å²) in [5, 5.41) is 3.29. The van der Waals surface area contributed by atoms with Crippen molar-refractivity contribution >= 4 is 0 Å². The fourth-order valence-corrected chi connectivity index (χ4v) is 1.61. The molecule has 0 atom stereocenters. The highest BCUT2D eigenvalue weighted by atomic mass is 19.1. The summed E-state index contributed by atoms with van der Waals surface area (Å²) >= 11 is 0. The average Bonchev–Trinajstić information content (AvgIpc) is 2.40. The Hall–Kier alpha value is -1.94. The van der Waals surface area contributed by atoms with Crippen LogP contribution in [0.2, 0.25) is 0 Å². The molecule has 0 aliphatic carbocycles. The van der Waals surface area contributed by atoms with Gasteiger partial charge in [-0.2, -0.15) is 0 Å². The summed E-state index contributed by atoms with van der Waals surface area (Å²) < 4.78 is 19.2. The van der Waals surface area contributed by atoms with Crippen LogP contribution in [0.25, 0.3) is 0 Å². The predicted octanol–water partition coefficient (Wildman–Crippen LogP) is 3.51. The molecule has 0 saturated carbocycles. The molecule has 0 bridgehead atoms. The van der Waals surface area contributed by atoms with Crippen molar-refractivity contribution in [2.45, 2.75) is 26.4 Å². The van der Waals surface area contributed by atoms with E-state index in [-0.39, 0.29) is 11.6 Å². The van der Waals surface area contributed by atoms with Gasteiger partial charge in [0.1, 0.15) is 5.75 Å². The summed E-state index contributed by atoms with van der Waals surface area (Å²) in [6.07, 6.45) is 3.36. The van der Waals surface area contributed by atoms with E-state index < -0.39 is 0 Å². The van der Waals surface area contributed by atoms with Crippen LogP contribution >= 0.6 is 0 Å². The van der Waals surface area contributed by atoms with Gasteiger partial charge in [0.2, 0.25) is 0 Å². The highest BCUT2D eigenvalue weighted by molar-refractivity contribution is 5.36. The number of aromatic nitrogens is 1. The maximum absolute atomic E-state index is 13.6. The molecule has 1 aromatic heterocycles. The second-order valence-electron chi connectivity index (χ2n) is 4.55. The number of nitrogens with one attached hydrogen (secondary N) is 1. The van der Waals surface area contributed by atoms with E-state index in [1.165, 1.54) is 6.07 Å². The largest absolute Gasteiger partial charge is 0.454 e. The third kappa shape index (κ3) is 3.76. The van der Waals surface area contributed by atoms with E-state index in [0.717, 1.165) is 5.56 Å². The van der Waals surface area contributed by atoms with Crippen molar-refractivity contribution in [1.82, 2.24) is 10.3 Å². The van der Waals surface area contributed by atoms with Crippen molar-refractivity contribution in [2.24, 2.45) is 0 Å². The number of halogens is 1. The maximum atomic E-state index is 13.6. The Bertz CT molecular complexity index is 543. The first-order valence-corrected chi connectivity index (χ1v) is 6.25. The van der Waals surface area contributed by atoms with Gasteiger partial charge in [0.05, 0.1) is 0 Å². The summed E-state index contributed by atoms with van der Waals surface area (Å²) in [6.45, 7) is 4.76. The SMILES string of the molecule is CC(C)NCc1cnccc1Oc1ccccc1F. The predicted molar refractivity (Wildman–Crippen MR) is 72.7 cm³/mol. The number of para-hydroxylation sites is 1. The number of benzene rings is 1. The zero-order valence-corrected chi connectivity index (χ0v) is 11.1. The lowest BCUT2D eigenvalue weighted by Gasteiger charge is -2.13. The Morgan fingerprint density at radius 1 is 1.21 bits per heavy atom. The first-order chi connectivity index (χ1) is 9.16. The topological polar surface area (TPSA) is 34.2 Å². The van der Waals surface area contributed by atoms with Gasteiger partial charge in [0, 0.05) is 30.5 Å². The Morgan fingerprint density at radius 3 is 2.74 bits per heavy atom. The van der Waals surface area contributed by atoms with Crippen molar-refractivity contribution in [1.29, 1.82) is 0 Å². The van der Waals surface area contributed by atoms with Gasteiger partial charge in [0.15, 0.2) is 11.6 Å². The van der Waals surface area contributed by atoms with Gasteiger partial charge in [-0.3, -0.25) is 4.98 Å².